The van der Waals surface area contributed by atoms with E-state index in [2.05, 4.69) is 24.0 Å². The molecule has 1 atom stereocenters. The quantitative estimate of drug-likeness (QED) is 0.560. The Bertz CT molecular complexity index is 264. The highest BCUT2D eigenvalue weighted by atomic mass is 16.1. The van der Waals surface area contributed by atoms with Crippen LogP contribution in [-0.4, -0.2) is 12.5 Å². The van der Waals surface area contributed by atoms with E-state index in [0.717, 1.165) is 6.54 Å². The summed E-state index contributed by atoms with van der Waals surface area (Å²) in [4.78, 5) is 10.9. The highest BCUT2D eigenvalue weighted by Crippen LogP contribution is 2.19. The Hall–Kier alpha value is -1.31. The molecule has 0 bridgehead atoms. The standard InChI is InChI=1S/C10H15NO.C3H6.2C2H6/c1-3-5-8(4-2)9-6-10(12)11-7-9;1-3-2;2*1-2/h3-5,9H,6-7H2,1-2H3,(H,11,12);3H,1H2,2H3;2*1-2H3/b5-3-,8-4+;;;. The fraction of sp³-hybridized carbons (Fsp3) is 0.588. The van der Waals surface area contributed by atoms with E-state index < -0.39 is 0 Å². The van der Waals surface area contributed by atoms with Crippen molar-refractivity contribution in [3.63, 3.8) is 0 Å². The van der Waals surface area contributed by atoms with Crippen molar-refractivity contribution in [2.45, 2.75) is 54.9 Å². The lowest BCUT2D eigenvalue weighted by molar-refractivity contribution is -0.119. The molecule has 1 heterocycles. The van der Waals surface area contributed by atoms with Crippen LogP contribution >= 0.6 is 0 Å². The van der Waals surface area contributed by atoms with Crippen molar-refractivity contribution in [2.24, 2.45) is 5.92 Å². The van der Waals surface area contributed by atoms with E-state index in [4.69, 9.17) is 0 Å². The van der Waals surface area contributed by atoms with E-state index >= 15 is 0 Å². The SMILES string of the molecule is C/C=C\C(=C/C)C1CNC(=O)C1.C=CC.CC.CC. The largest absolute Gasteiger partial charge is 0.355 e. The normalized spacial score (nSPS) is 17.1. The summed E-state index contributed by atoms with van der Waals surface area (Å²) in [5, 5.41) is 2.83. The zero-order valence-electron chi connectivity index (χ0n) is 13.9. The number of rotatable bonds is 2. The molecule has 1 unspecified atom stereocenters. The maximum Gasteiger partial charge on any atom is 0.220 e. The molecular weight excluding hydrogens is 234 g/mol. The minimum Gasteiger partial charge on any atom is -0.355 e. The van der Waals surface area contributed by atoms with Gasteiger partial charge >= 0.3 is 0 Å². The smallest absolute Gasteiger partial charge is 0.220 e. The van der Waals surface area contributed by atoms with Crippen LogP contribution in [-0.2, 0) is 4.79 Å². The fourth-order valence-electron chi connectivity index (χ4n) is 1.50. The molecule has 0 aromatic carbocycles. The molecule has 2 nitrogen and oxygen atoms in total. The van der Waals surface area contributed by atoms with Crippen molar-refractivity contribution in [1.82, 2.24) is 5.32 Å². The second-order valence-electron chi connectivity index (χ2n) is 3.40. The molecule has 0 spiro atoms. The molecule has 1 amide bonds. The Kier molecular flexibility index (Phi) is 22.9. The average molecular weight is 267 g/mol. The summed E-state index contributed by atoms with van der Waals surface area (Å²) in [6, 6.07) is 0. The summed E-state index contributed by atoms with van der Waals surface area (Å²) in [7, 11) is 0. The van der Waals surface area contributed by atoms with Crippen LogP contribution in [0.15, 0.2) is 36.5 Å². The third-order valence-corrected chi connectivity index (χ3v) is 2.14. The second kappa shape index (κ2) is 19.0. The highest BCUT2D eigenvalue weighted by molar-refractivity contribution is 5.79. The van der Waals surface area contributed by atoms with Gasteiger partial charge < -0.3 is 5.32 Å². The van der Waals surface area contributed by atoms with Crippen molar-refractivity contribution >= 4 is 5.91 Å². The number of hydrogen-bond donors (Lipinski definition) is 1. The van der Waals surface area contributed by atoms with Crippen molar-refractivity contribution in [2.75, 3.05) is 6.54 Å². The zero-order chi connectivity index (χ0) is 15.7. The first-order valence-corrected chi connectivity index (χ1v) is 7.32. The van der Waals surface area contributed by atoms with E-state index in [1.165, 1.54) is 5.57 Å². The monoisotopic (exact) mass is 267 g/mol. The molecule has 0 aromatic rings. The maximum absolute atomic E-state index is 10.9. The van der Waals surface area contributed by atoms with Crippen molar-refractivity contribution < 1.29 is 4.79 Å². The van der Waals surface area contributed by atoms with Gasteiger partial charge in [0.05, 0.1) is 0 Å². The Labute approximate surface area is 120 Å². The van der Waals surface area contributed by atoms with Crippen LogP contribution in [0.25, 0.3) is 0 Å². The first kappa shape index (κ1) is 22.8. The van der Waals surface area contributed by atoms with Gasteiger partial charge in [0.25, 0.3) is 0 Å². The van der Waals surface area contributed by atoms with Crippen LogP contribution < -0.4 is 5.32 Å². The van der Waals surface area contributed by atoms with Gasteiger partial charge in [0.2, 0.25) is 5.91 Å². The third-order valence-electron chi connectivity index (χ3n) is 2.14. The number of allylic oxidation sites excluding steroid dienone is 4. The molecule has 0 aliphatic carbocycles. The van der Waals surface area contributed by atoms with Crippen LogP contribution in [0.3, 0.4) is 0 Å². The molecule has 1 aliphatic heterocycles. The summed E-state index contributed by atoms with van der Waals surface area (Å²) in [5.41, 5.74) is 1.26. The van der Waals surface area contributed by atoms with Crippen LogP contribution in [0.4, 0.5) is 0 Å². The summed E-state index contributed by atoms with van der Waals surface area (Å²) >= 11 is 0. The number of nitrogens with one attached hydrogen (secondary N) is 1. The second-order valence-corrected chi connectivity index (χ2v) is 3.40. The predicted octanol–water partition coefficient (Wildman–Crippen LogP) is 4.89. The van der Waals surface area contributed by atoms with Gasteiger partial charge in [0, 0.05) is 18.9 Å². The molecule has 0 saturated carbocycles. The number of amides is 1. The van der Waals surface area contributed by atoms with E-state index in [0.29, 0.717) is 12.3 Å². The Morgan fingerprint density at radius 2 is 1.68 bits per heavy atom. The predicted molar refractivity (Wildman–Crippen MR) is 88.3 cm³/mol. The fourth-order valence-corrected chi connectivity index (χ4v) is 1.50. The minimum absolute atomic E-state index is 0.170. The van der Waals surface area contributed by atoms with Crippen LogP contribution in [0, 0.1) is 5.92 Å². The van der Waals surface area contributed by atoms with Crippen molar-refractivity contribution in [3.8, 4) is 0 Å². The lowest BCUT2D eigenvalue weighted by Crippen LogP contribution is -2.14. The third kappa shape index (κ3) is 12.9. The van der Waals surface area contributed by atoms with Crippen LogP contribution in [0.2, 0.25) is 0 Å². The van der Waals surface area contributed by atoms with E-state index in [9.17, 15) is 4.79 Å². The number of carbonyl (C=O) groups is 1. The summed E-state index contributed by atoms with van der Waals surface area (Å²) in [6.07, 6.45) is 8.55. The van der Waals surface area contributed by atoms with Gasteiger partial charge in [-0.25, -0.2) is 0 Å². The summed E-state index contributed by atoms with van der Waals surface area (Å²) < 4.78 is 0. The van der Waals surface area contributed by atoms with Crippen LogP contribution in [0.1, 0.15) is 54.9 Å². The molecule has 1 N–H and O–H groups in total. The lowest BCUT2D eigenvalue weighted by atomic mass is 9.97. The van der Waals surface area contributed by atoms with Gasteiger partial charge in [-0.05, 0) is 26.3 Å². The molecule has 19 heavy (non-hydrogen) atoms. The van der Waals surface area contributed by atoms with E-state index in [1.807, 2.05) is 54.5 Å². The lowest BCUT2D eigenvalue weighted by Gasteiger charge is -2.06. The molecule has 1 rings (SSSR count). The summed E-state index contributed by atoms with van der Waals surface area (Å²) in [5.74, 6) is 0.558. The Balaban J connectivity index is -0.000000313. The first-order chi connectivity index (χ1) is 9.19. The molecule has 0 aromatic heterocycles. The van der Waals surface area contributed by atoms with E-state index in [1.54, 1.807) is 6.08 Å². The molecule has 1 saturated heterocycles. The van der Waals surface area contributed by atoms with Gasteiger partial charge in [-0.3, -0.25) is 4.79 Å². The van der Waals surface area contributed by atoms with Gasteiger partial charge in [0.15, 0.2) is 0 Å². The first-order valence-electron chi connectivity index (χ1n) is 7.32. The number of carbonyl (C=O) groups excluding carboxylic acids is 1. The van der Waals surface area contributed by atoms with Gasteiger partial charge in [0.1, 0.15) is 0 Å². The maximum atomic E-state index is 10.9. The Morgan fingerprint density at radius 3 is 1.95 bits per heavy atom. The van der Waals surface area contributed by atoms with Gasteiger partial charge in [-0.2, -0.15) is 0 Å². The van der Waals surface area contributed by atoms with Gasteiger partial charge in [-0.1, -0.05) is 52.0 Å². The number of hydrogen-bond acceptors (Lipinski definition) is 1. The highest BCUT2D eigenvalue weighted by Gasteiger charge is 2.22. The minimum atomic E-state index is 0.170. The average Bonchev–Trinajstić information content (AvgIpc) is 2.88. The molecular formula is C17H33NO. The van der Waals surface area contributed by atoms with Crippen LogP contribution in [0.5, 0.6) is 0 Å². The zero-order valence-corrected chi connectivity index (χ0v) is 13.9. The van der Waals surface area contributed by atoms with E-state index in [-0.39, 0.29) is 5.91 Å². The van der Waals surface area contributed by atoms with Crippen molar-refractivity contribution in [1.29, 1.82) is 0 Å². The molecule has 0 radical (unpaired) electrons. The molecule has 1 fully saturated rings. The molecule has 1 aliphatic rings. The topological polar surface area (TPSA) is 29.1 Å². The Morgan fingerprint density at radius 1 is 1.21 bits per heavy atom. The molecule has 2 heteroatoms. The summed E-state index contributed by atoms with van der Waals surface area (Å²) in [6.45, 7) is 18.1. The van der Waals surface area contributed by atoms with Gasteiger partial charge in [-0.15, -0.1) is 6.58 Å². The molecule has 112 valence electrons. The van der Waals surface area contributed by atoms with Crippen molar-refractivity contribution in [3.05, 3.63) is 36.5 Å².